The van der Waals surface area contributed by atoms with Crippen LogP contribution >= 0.6 is 0 Å². The Balaban J connectivity index is 1.36. The van der Waals surface area contributed by atoms with E-state index in [2.05, 4.69) is 241 Å². The molecule has 0 radical (unpaired) electrons. The lowest BCUT2D eigenvalue weighted by Crippen LogP contribution is -2.11. The van der Waals surface area contributed by atoms with Crippen molar-refractivity contribution in [3.05, 3.63) is 180 Å². The van der Waals surface area contributed by atoms with Gasteiger partial charge in [-0.25, -0.2) is 0 Å². The van der Waals surface area contributed by atoms with Gasteiger partial charge in [-0.05, 0) is 156 Å². The second-order valence-electron chi connectivity index (χ2n) is 21.9. The van der Waals surface area contributed by atoms with Crippen molar-refractivity contribution in [1.29, 1.82) is 0 Å². The molecule has 0 aliphatic carbocycles. The summed E-state index contributed by atoms with van der Waals surface area (Å²) in [5.74, 6) is 0. The smallest absolute Gasteiger partial charge is 0.00263 e. The van der Waals surface area contributed by atoms with Gasteiger partial charge in [-0.15, -0.1) is 0 Å². The highest BCUT2D eigenvalue weighted by molar-refractivity contribution is 6.23. The van der Waals surface area contributed by atoms with Crippen molar-refractivity contribution in [3.8, 4) is 44.5 Å². The molecule has 0 heteroatoms. The summed E-state index contributed by atoms with van der Waals surface area (Å²) in [7, 11) is 0. The topological polar surface area (TPSA) is 0 Å². The summed E-state index contributed by atoms with van der Waals surface area (Å²) < 4.78 is 0. The summed E-state index contributed by atoms with van der Waals surface area (Å²) in [6, 6.07) is 60.5. The predicted molar refractivity (Wildman–Crippen MR) is 273 cm³/mol. The highest BCUT2D eigenvalue weighted by Crippen LogP contribution is 2.49. The molecule has 9 rings (SSSR count). The van der Waals surface area contributed by atoms with Crippen LogP contribution < -0.4 is 0 Å². The van der Waals surface area contributed by atoms with E-state index in [1.54, 1.807) is 0 Å². The maximum absolute atomic E-state index is 2.48. The Kier molecular flexibility index (Phi) is 9.90. The van der Waals surface area contributed by atoms with Crippen LogP contribution in [-0.4, -0.2) is 0 Å². The van der Waals surface area contributed by atoms with Gasteiger partial charge in [-0.1, -0.05) is 217 Å². The molecule has 0 aromatic heterocycles. The van der Waals surface area contributed by atoms with Crippen molar-refractivity contribution in [2.45, 2.75) is 105 Å². The van der Waals surface area contributed by atoms with E-state index in [9.17, 15) is 0 Å². The first kappa shape index (κ1) is 41.4. The molecule has 0 aliphatic heterocycles. The van der Waals surface area contributed by atoms with Gasteiger partial charge >= 0.3 is 0 Å². The first-order chi connectivity index (χ1) is 29.3. The van der Waals surface area contributed by atoms with Crippen LogP contribution in [-0.2, 0) is 21.7 Å². The third-order valence-corrected chi connectivity index (χ3v) is 13.3. The van der Waals surface area contributed by atoms with Gasteiger partial charge in [0.1, 0.15) is 0 Å². The Morgan fingerprint density at radius 2 is 0.419 bits per heavy atom. The number of hydrogen-bond acceptors (Lipinski definition) is 0. The lowest BCUT2D eigenvalue weighted by Gasteiger charge is -2.25. The van der Waals surface area contributed by atoms with Gasteiger partial charge in [-0.2, -0.15) is 0 Å². The van der Waals surface area contributed by atoms with Crippen molar-refractivity contribution >= 4 is 43.1 Å². The Labute approximate surface area is 370 Å². The van der Waals surface area contributed by atoms with E-state index in [1.807, 2.05) is 0 Å². The first-order valence-electron chi connectivity index (χ1n) is 22.6. The molecule has 0 heterocycles. The number of hydrogen-bond donors (Lipinski definition) is 0. The molecule has 0 amide bonds. The zero-order valence-corrected chi connectivity index (χ0v) is 39.0. The Morgan fingerprint density at radius 1 is 0.210 bits per heavy atom. The standard InChI is InChI=1S/C62H62/c1-59(2,3)43-29-33-49-51(35-43)55(39-19-15-13-16-20-39)47-31-27-45(61(7,8)9)37-53(47)57(49)41-23-25-42(26-24-41)58-50-34-30-44(60(4,5)6)36-52(50)56(40-21-17-14-18-22-40)48-32-28-46(38-54(48)58)62(10,11)12/h13-38H,1-12H3. The number of benzene rings is 9. The average Bonchev–Trinajstić information content (AvgIpc) is 3.23. The zero-order valence-electron chi connectivity index (χ0n) is 39.0. The van der Waals surface area contributed by atoms with E-state index in [0.717, 1.165) is 0 Å². The van der Waals surface area contributed by atoms with Crippen LogP contribution in [0.15, 0.2) is 158 Å². The summed E-state index contributed by atoms with van der Waals surface area (Å²) in [5.41, 5.74) is 15.6. The summed E-state index contributed by atoms with van der Waals surface area (Å²) in [5, 5.41) is 10.4. The van der Waals surface area contributed by atoms with Crippen molar-refractivity contribution < 1.29 is 0 Å². The molecule has 0 saturated carbocycles. The quantitative estimate of drug-likeness (QED) is 0.155. The third kappa shape index (κ3) is 7.32. The second kappa shape index (κ2) is 14.8. The molecule has 0 unspecified atom stereocenters. The minimum atomic E-state index is 0.0000647. The molecule has 9 aromatic rings. The molecule has 310 valence electrons. The fraction of sp³-hybridized carbons (Fsp3) is 0.258. The fourth-order valence-corrected chi connectivity index (χ4v) is 9.58. The molecule has 0 spiro atoms. The van der Waals surface area contributed by atoms with Crippen LogP contribution in [0.2, 0.25) is 0 Å². The largest absolute Gasteiger partial charge is 0.0622 e. The summed E-state index contributed by atoms with van der Waals surface area (Å²) >= 11 is 0. The molecule has 62 heavy (non-hydrogen) atoms. The van der Waals surface area contributed by atoms with Crippen molar-refractivity contribution in [2.24, 2.45) is 0 Å². The Morgan fingerprint density at radius 3 is 0.629 bits per heavy atom. The van der Waals surface area contributed by atoms with Crippen molar-refractivity contribution in [1.82, 2.24) is 0 Å². The highest BCUT2D eigenvalue weighted by atomic mass is 14.3. The van der Waals surface area contributed by atoms with Gasteiger partial charge in [0.15, 0.2) is 0 Å². The van der Waals surface area contributed by atoms with Gasteiger partial charge in [-0.3, -0.25) is 0 Å². The fourth-order valence-electron chi connectivity index (χ4n) is 9.58. The van der Waals surface area contributed by atoms with Gasteiger partial charge in [0.2, 0.25) is 0 Å². The van der Waals surface area contributed by atoms with Crippen LogP contribution in [0.5, 0.6) is 0 Å². The lowest BCUT2D eigenvalue weighted by atomic mass is 9.78. The van der Waals surface area contributed by atoms with E-state index >= 15 is 0 Å². The molecular weight excluding hydrogens is 745 g/mol. The molecule has 0 fully saturated rings. The minimum absolute atomic E-state index is 0.0000647. The Hall–Kier alpha value is -5.98. The Bertz CT molecular complexity index is 2930. The van der Waals surface area contributed by atoms with E-state index < -0.39 is 0 Å². The average molecular weight is 807 g/mol. The lowest BCUT2D eigenvalue weighted by molar-refractivity contribution is 0.590. The van der Waals surface area contributed by atoms with Crippen molar-refractivity contribution in [3.63, 3.8) is 0 Å². The first-order valence-corrected chi connectivity index (χ1v) is 22.6. The highest BCUT2D eigenvalue weighted by Gasteiger charge is 2.25. The third-order valence-electron chi connectivity index (χ3n) is 13.3. The van der Waals surface area contributed by atoms with Crippen LogP contribution in [0.4, 0.5) is 0 Å². The van der Waals surface area contributed by atoms with Gasteiger partial charge in [0, 0.05) is 0 Å². The maximum Gasteiger partial charge on any atom is -0.00263 e. The summed E-state index contributed by atoms with van der Waals surface area (Å²) in [4.78, 5) is 0. The van der Waals surface area contributed by atoms with E-state index in [0.29, 0.717) is 0 Å². The zero-order chi connectivity index (χ0) is 43.9. The van der Waals surface area contributed by atoms with Crippen LogP contribution in [0.3, 0.4) is 0 Å². The molecule has 0 N–H and O–H groups in total. The second-order valence-corrected chi connectivity index (χ2v) is 21.9. The van der Waals surface area contributed by atoms with E-state index in [1.165, 1.54) is 110 Å². The van der Waals surface area contributed by atoms with Crippen LogP contribution in [0.1, 0.15) is 105 Å². The minimum Gasteiger partial charge on any atom is -0.0622 e. The van der Waals surface area contributed by atoms with Gasteiger partial charge < -0.3 is 0 Å². The van der Waals surface area contributed by atoms with E-state index in [-0.39, 0.29) is 21.7 Å². The SMILES string of the molecule is CC(C)(C)c1ccc2c(-c3ccc(-c4c5ccc(C(C)(C)C)cc5c(-c5ccccc5)c5ccc(C(C)(C)C)cc45)cc3)c3cc(C(C)(C)C)ccc3c(-c3ccccc3)c2c1. The molecule has 0 aliphatic rings. The van der Waals surface area contributed by atoms with Gasteiger partial charge in [0.05, 0.1) is 0 Å². The van der Waals surface area contributed by atoms with Crippen LogP contribution in [0, 0.1) is 0 Å². The molecule has 0 bridgehead atoms. The van der Waals surface area contributed by atoms with Crippen LogP contribution in [0.25, 0.3) is 87.6 Å². The number of rotatable bonds is 4. The normalized spacial score (nSPS) is 12.8. The molecular formula is C62H62. The predicted octanol–water partition coefficient (Wildman–Crippen LogP) is 18.2. The summed E-state index contributed by atoms with van der Waals surface area (Å²) in [6.45, 7) is 27.9. The monoisotopic (exact) mass is 806 g/mol. The molecule has 0 atom stereocenters. The number of fused-ring (bicyclic) bond motifs is 4. The molecule has 0 saturated heterocycles. The summed E-state index contributed by atoms with van der Waals surface area (Å²) in [6.07, 6.45) is 0. The van der Waals surface area contributed by atoms with Gasteiger partial charge in [0.25, 0.3) is 0 Å². The molecule has 0 nitrogen and oxygen atoms in total. The maximum atomic E-state index is 2.48. The van der Waals surface area contributed by atoms with E-state index in [4.69, 9.17) is 0 Å². The van der Waals surface area contributed by atoms with Crippen molar-refractivity contribution in [2.75, 3.05) is 0 Å². The molecule has 9 aromatic carbocycles.